The van der Waals surface area contributed by atoms with Crippen molar-refractivity contribution < 1.29 is 8.83 Å². The molecule has 0 atom stereocenters. The van der Waals surface area contributed by atoms with Crippen LogP contribution in [0.25, 0.3) is 22.6 Å². The first kappa shape index (κ1) is 12.2. The Morgan fingerprint density at radius 3 is 2.89 bits per heavy atom. The van der Waals surface area contributed by atoms with Gasteiger partial charge in [-0.15, -0.1) is 21.8 Å². The molecule has 0 fully saturated rings. The third kappa shape index (κ3) is 2.49. The number of benzene rings is 1. The number of fused-ring (bicyclic) bond motifs is 1. The number of halogens is 1. The Labute approximate surface area is 115 Å². The molecule has 98 valence electrons. The second kappa shape index (κ2) is 5.05. The summed E-state index contributed by atoms with van der Waals surface area (Å²) in [5.41, 5.74) is 2.01. The molecule has 1 aromatic carbocycles. The Morgan fingerprint density at radius 2 is 2.05 bits per heavy atom. The van der Waals surface area contributed by atoms with Crippen molar-refractivity contribution in [3.05, 3.63) is 35.7 Å². The molecule has 3 aromatic rings. The Balaban J connectivity index is 1.92. The topological polar surface area (TPSA) is 52.1 Å². The molecule has 5 heteroatoms. The maximum Gasteiger partial charge on any atom is 0.283 e. The molecule has 19 heavy (non-hydrogen) atoms. The van der Waals surface area contributed by atoms with E-state index >= 15 is 0 Å². The average molecular weight is 277 g/mol. The van der Waals surface area contributed by atoms with Crippen LogP contribution in [-0.4, -0.2) is 16.1 Å². The highest BCUT2D eigenvalue weighted by atomic mass is 35.5. The van der Waals surface area contributed by atoms with Gasteiger partial charge in [0, 0.05) is 17.7 Å². The number of rotatable bonds is 4. The standard InChI is InChI=1S/C14H13ClN2O2/c1-9-4-5-11-10(7-9)8-12(18-11)14-17-16-13(19-14)3-2-6-15/h4-5,7-8H,2-3,6H2,1H3. The van der Waals surface area contributed by atoms with Gasteiger partial charge in [-0.3, -0.25) is 0 Å². The predicted octanol–water partition coefficient (Wildman–Crippen LogP) is 3.96. The predicted molar refractivity (Wildman–Crippen MR) is 73.3 cm³/mol. The minimum Gasteiger partial charge on any atom is -0.451 e. The normalized spacial score (nSPS) is 11.3. The van der Waals surface area contributed by atoms with Crippen LogP contribution < -0.4 is 0 Å². The third-order valence-corrected chi connectivity index (χ3v) is 3.14. The number of aromatic nitrogens is 2. The largest absolute Gasteiger partial charge is 0.451 e. The summed E-state index contributed by atoms with van der Waals surface area (Å²) >= 11 is 5.64. The summed E-state index contributed by atoms with van der Waals surface area (Å²) < 4.78 is 11.3. The summed E-state index contributed by atoms with van der Waals surface area (Å²) in [5, 5.41) is 9.02. The molecule has 0 N–H and O–H groups in total. The van der Waals surface area contributed by atoms with E-state index in [1.165, 1.54) is 5.56 Å². The molecule has 0 aliphatic carbocycles. The molecule has 0 aliphatic heterocycles. The molecule has 0 saturated carbocycles. The SMILES string of the molecule is Cc1ccc2oc(-c3nnc(CCCCl)o3)cc2c1. The zero-order chi connectivity index (χ0) is 13.2. The van der Waals surface area contributed by atoms with E-state index in [9.17, 15) is 0 Å². The lowest BCUT2D eigenvalue weighted by molar-refractivity contribution is 0.484. The molecule has 0 bridgehead atoms. The van der Waals surface area contributed by atoms with E-state index in [0.29, 0.717) is 29.8 Å². The maximum absolute atomic E-state index is 5.70. The quantitative estimate of drug-likeness (QED) is 0.677. The second-order valence-corrected chi connectivity index (χ2v) is 4.82. The summed E-state index contributed by atoms with van der Waals surface area (Å²) in [7, 11) is 0. The van der Waals surface area contributed by atoms with Crippen molar-refractivity contribution >= 4 is 22.6 Å². The molecule has 0 unspecified atom stereocenters. The molecule has 0 aliphatic rings. The van der Waals surface area contributed by atoms with Crippen LogP contribution >= 0.6 is 11.6 Å². The number of hydrogen-bond acceptors (Lipinski definition) is 4. The maximum atomic E-state index is 5.70. The first-order valence-electron chi connectivity index (χ1n) is 6.15. The third-order valence-electron chi connectivity index (χ3n) is 2.87. The van der Waals surface area contributed by atoms with E-state index in [4.69, 9.17) is 20.4 Å². The monoisotopic (exact) mass is 276 g/mol. The van der Waals surface area contributed by atoms with E-state index in [2.05, 4.69) is 16.3 Å². The fourth-order valence-electron chi connectivity index (χ4n) is 1.94. The van der Waals surface area contributed by atoms with Gasteiger partial charge in [-0.25, -0.2) is 0 Å². The zero-order valence-corrected chi connectivity index (χ0v) is 11.3. The van der Waals surface area contributed by atoms with Crippen molar-refractivity contribution in [2.24, 2.45) is 0 Å². The Kier molecular flexibility index (Phi) is 3.25. The fraction of sp³-hybridized carbons (Fsp3) is 0.286. The van der Waals surface area contributed by atoms with Crippen LogP contribution in [0.3, 0.4) is 0 Å². The smallest absolute Gasteiger partial charge is 0.283 e. The van der Waals surface area contributed by atoms with Gasteiger partial charge in [0.05, 0.1) is 0 Å². The first-order chi connectivity index (χ1) is 9.26. The van der Waals surface area contributed by atoms with Crippen LogP contribution in [0.15, 0.2) is 33.1 Å². The molecule has 4 nitrogen and oxygen atoms in total. The zero-order valence-electron chi connectivity index (χ0n) is 10.5. The Morgan fingerprint density at radius 1 is 1.16 bits per heavy atom. The van der Waals surface area contributed by atoms with Crippen LogP contribution in [0.1, 0.15) is 17.9 Å². The molecular weight excluding hydrogens is 264 g/mol. The molecule has 2 heterocycles. The highest BCUT2D eigenvalue weighted by Gasteiger charge is 2.13. The van der Waals surface area contributed by atoms with Crippen LogP contribution in [0, 0.1) is 6.92 Å². The minimum atomic E-state index is 0.415. The van der Waals surface area contributed by atoms with Crippen molar-refractivity contribution in [2.45, 2.75) is 19.8 Å². The molecule has 0 spiro atoms. The van der Waals surface area contributed by atoms with E-state index in [1.807, 2.05) is 25.1 Å². The lowest BCUT2D eigenvalue weighted by Crippen LogP contribution is -1.85. The highest BCUT2D eigenvalue weighted by molar-refractivity contribution is 6.17. The molecular formula is C14H13ClN2O2. The highest BCUT2D eigenvalue weighted by Crippen LogP contribution is 2.27. The second-order valence-electron chi connectivity index (χ2n) is 4.45. The Hall–Kier alpha value is -1.81. The van der Waals surface area contributed by atoms with Crippen molar-refractivity contribution in [1.29, 1.82) is 0 Å². The molecule has 3 rings (SSSR count). The number of alkyl halides is 1. The fourth-order valence-corrected chi connectivity index (χ4v) is 2.07. The number of furan rings is 1. The molecule has 0 radical (unpaired) electrons. The van der Waals surface area contributed by atoms with Gasteiger partial charge in [0.1, 0.15) is 5.58 Å². The molecule has 2 aromatic heterocycles. The van der Waals surface area contributed by atoms with Crippen molar-refractivity contribution in [2.75, 3.05) is 5.88 Å². The summed E-state index contributed by atoms with van der Waals surface area (Å²) in [4.78, 5) is 0. The van der Waals surface area contributed by atoms with Crippen LogP contribution in [0.5, 0.6) is 0 Å². The van der Waals surface area contributed by atoms with Gasteiger partial charge in [0.25, 0.3) is 5.89 Å². The van der Waals surface area contributed by atoms with Gasteiger partial charge in [-0.1, -0.05) is 11.6 Å². The lowest BCUT2D eigenvalue weighted by atomic mass is 10.2. The number of hydrogen-bond donors (Lipinski definition) is 0. The number of nitrogens with zero attached hydrogens (tertiary/aromatic N) is 2. The van der Waals surface area contributed by atoms with Gasteiger partial charge in [0.15, 0.2) is 5.76 Å². The minimum absolute atomic E-state index is 0.415. The lowest BCUT2D eigenvalue weighted by Gasteiger charge is -1.89. The van der Waals surface area contributed by atoms with E-state index in [1.54, 1.807) is 0 Å². The summed E-state index contributed by atoms with van der Waals surface area (Å²) in [5.74, 6) is 2.19. The summed E-state index contributed by atoms with van der Waals surface area (Å²) in [6.07, 6.45) is 1.51. The van der Waals surface area contributed by atoms with Gasteiger partial charge < -0.3 is 8.83 Å². The van der Waals surface area contributed by atoms with Gasteiger partial charge >= 0.3 is 0 Å². The van der Waals surface area contributed by atoms with Gasteiger partial charge in [0.2, 0.25) is 5.89 Å². The van der Waals surface area contributed by atoms with Gasteiger partial charge in [-0.05, 0) is 31.5 Å². The van der Waals surface area contributed by atoms with Crippen LogP contribution in [0.2, 0.25) is 0 Å². The first-order valence-corrected chi connectivity index (χ1v) is 6.68. The Bertz CT molecular complexity index is 702. The molecule has 0 saturated heterocycles. The van der Waals surface area contributed by atoms with E-state index < -0.39 is 0 Å². The molecule has 0 amide bonds. The van der Waals surface area contributed by atoms with Crippen LogP contribution in [-0.2, 0) is 6.42 Å². The van der Waals surface area contributed by atoms with Crippen molar-refractivity contribution in [3.8, 4) is 11.7 Å². The number of aryl methyl sites for hydroxylation is 2. The van der Waals surface area contributed by atoms with Gasteiger partial charge in [-0.2, -0.15) is 0 Å². The van der Waals surface area contributed by atoms with Crippen molar-refractivity contribution in [3.63, 3.8) is 0 Å². The summed E-state index contributed by atoms with van der Waals surface area (Å²) in [6, 6.07) is 7.93. The van der Waals surface area contributed by atoms with Crippen molar-refractivity contribution in [1.82, 2.24) is 10.2 Å². The summed E-state index contributed by atoms with van der Waals surface area (Å²) in [6.45, 7) is 2.04. The van der Waals surface area contributed by atoms with E-state index in [0.717, 1.165) is 17.4 Å². The van der Waals surface area contributed by atoms with Crippen LogP contribution in [0.4, 0.5) is 0 Å². The average Bonchev–Trinajstić information content (AvgIpc) is 3.01. The van der Waals surface area contributed by atoms with E-state index in [-0.39, 0.29) is 0 Å².